The predicted molar refractivity (Wildman–Crippen MR) is 53.5 cm³/mol. The molecule has 9 heteroatoms. The van der Waals surface area contributed by atoms with Gasteiger partial charge in [-0.15, -0.1) is 0 Å². The molecule has 0 saturated heterocycles. The van der Waals surface area contributed by atoms with E-state index in [1.807, 2.05) is 0 Å². The van der Waals surface area contributed by atoms with Crippen LogP contribution in [0.1, 0.15) is 19.8 Å². The first kappa shape index (κ1) is 18.4. The normalized spacial score (nSPS) is 9.88. The zero-order valence-electron chi connectivity index (χ0n) is 9.34. The quantitative estimate of drug-likeness (QED) is 0.433. The van der Waals surface area contributed by atoms with Gasteiger partial charge in [-0.05, 0) is 0 Å². The third-order valence-electron chi connectivity index (χ3n) is 1.29. The van der Waals surface area contributed by atoms with Crippen LogP contribution >= 0.6 is 0 Å². The van der Waals surface area contributed by atoms with Gasteiger partial charge in [0.15, 0.2) is 5.60 Å². The van der Waals surface area contributed by atoms with Crippen LogP contribution in [0, 0.1) is 0 Å². The van der Waals surface area contributed by atoms with E-state index in [0.717, 1.165) is 0 Å². The van der Waals surface area contributed by atoms with Gasteiger partial charge in [-0.3, -0.25) is 9.59 Å². The fourth-order valence-corrected chi connectivity index (χ4v) is 0.714. The number of carbonyl (C=O) groups is 4. The monoisotopic (exact) mass is 258 g/mol. The van der Waals surface area contributed by atoms with Crippen LogP contribution in [-0.4, -0.2) is 74.9 Å². The summed E-state index contributed by atoms with van der Waals surface area (Å²) in [5.41, 5.74) is -2.74. The van der Waals surface area contributed by atoms with Gasteiger partial charge >= 0.3 is 60.6 Å². The molecule has 0 amide bonds. The molecule has 0 aliphatic rings. The average molecular weight is 258 g/mol. The molecule has 0 heterocycles. The number of carboxylic acid groups (broad SMARTS) is 3. The zero-order valence-corrected chi connectivity index (χ0v) is 11.3. The van der Waals surface area contributed by atoms with Gasteiger partial charge in [0, 0.05) is 0 Å². The van der Waals surface area contributed by atoms with Gasteiger partial charge in [-0.2, -0.15) is 0 Å². The number of hydrogen-bond acceptors (Lipinski definition) is 5. The Morgan fingerprint density at radius 2 is 1.24 bits per heavy atom. The standard InChI is InChI=1S/C6H8O7.C2H3O.Na/c7-3(8)1-6(13,5(11)12)2-4(9)10;1-2-3;/h13H,1-2H2,(H,7,8)(H,9,10)(H,11,12);1H3;. The van der Waals surface area contributed by atoms with E-state index in [4.69, 9.17) is 20.4 Å². The molecule has 17 heavy (non-hydrogen) atoms. The summed E-state index contributed by atoms with van der Waals surface area (Å²) >= 11 is 0.710. The minimum absolute atomic E-state index is 0.306. The minimum atomic E-state index is -2.74. The Bertz CT molecular complexity index is 303. The summed E-state index contributed by atoms with van der Waals surface area (Å²) in [6, 6.07) is 0. The largest absolute Gasteiger partial charge is 0.481 e. The summed E-state index contributed by atoms with van der Waals surface area (Å²) in [5, 5.41) is 33.8. The Morgan fingerprint density at radius 3 is 1.35 bits per heavy atom. The van der Waals surface area contributed by atoms with Gasteiger partial charge in [0.05, 0.1) is 12.8 Å². The second-order valence-corrected chi connectivity index (χ2v) is 4.79. The molecule has 0 saturated carbocycles. The van der Waals surface area contributed by atoms with Gasteiger partial charge in [0.1, 0.15) is 0 Å². The molecule has 8 nitrogen and oxygen atoms in total. The Balaban J connectivity index is 0. The van der Waals surface area contributed by atoms with Crippen molar-refractivity contribution in [3.05, 3.63) is 0 Å². The number of aliphatic hydroxyl groups is 1. The van der Waals surface area contributed by atoms with Gasteiger partial charge in [0.25, 0.3) is 0 Å². The van der Waals surface area contributed by atoms with Crippen LogP contribution in [0.5, 0.6) is 0 Å². The molecule has 0 aromatic carbocycles. The maximum absolute atomic E-state index is 10.3. The summed E-state index contributed by atoms with van der Waals surface area (Å²) in [4.78, 5) is 40.0. The zero-order chi connectivity index (χ0) is 14.2. The third kappa shape index (κ3) is 11.3. The van der Waals surface area contributed by atoms with Crippen LogP contribution in [0.15, 0.2) is 0 Å². The van der Waals surface area contributed by atoms with Gasteiger partial charge in [-0.25, -0.2) is 4.79 Å². The van der Waals surface area contributed by atoms with Gasteiger partial charge < -0.3 is 20.4 Å². The smallest absolute Gasteiger partial charge is 0.336 e. The molecule has 0 aliphatic heterocycles. The van der Waals surface area contributed by atoms with Crippen molar-refractivity contribution < 1.29 is 39.6 Å². The Morgan fingerprint density at radius 1 is 1.00 bits per heavy atom. The molecule has 0 aromatic heterocycles. The summed E-state index contributed by atoms with van der Waals surface area (Å²) in [7, 11) is 0. The van der Waals surface area contributed by atoms with Crippen LogP contribution in [0.4, 0.5) is 0 Å². The second-order valence-electron chi connectivity index (χ2n) is 3.39. The van der Waals surface area contributed by atoms with Crippen LogP contribution in [-0.2, 0) is 19.2 Å². The van der Waals surface area contributed by atoms with E-state index < -0.39 is 36.4 Å². The summed E-state index contributed by atoms with van der Waals surface area (Å²) in [5.74, 6) is -5.02. The number of hydrogen-bond donors (Lipinski definition) is 4. The molecule has 0 aromatic rings. The first-order valence-corrected chi connectivity index (χ1v) is 5.38. The number of carboxylic acids is 3. The fourth-order valence-electron chi connectivity index (χ4n) is 0.714. The molecule has 0 aliphatic carbocycles. The summed E-state index contributed by atoms with van der Waals surface area (Å²) < 4.78 is 0.306. The van der Waals surface area contributed by atoms with E-state index in [1.165, 1.54) is 0 Å². The molecule has 0 fully saturated rings. The molecular weight excluding hydrogens is 247 g/mol. The maximum Gasteiger partial charge on any atom is 0.336 e. The van der Waals surface area contributed by atoms with Crippen LogP contribution in [0.25, 0.3) is 0 Å². The molecule has 0 radical (unpaired) electrons. The molecule has 0 atom stereocenters. The van der Waals surface area contributed by atoms with E-state index >= 15 is 0 Å². The van der Waals surface area contributed by atoms with Crippen molar-refractivity contribution in [3.63, 3.8) is 0 Å². The van der Waals surface area contributed by atoms with Crippen LogP contribution in [0.3, 0.4) is 0 Å². The molecule has 0 rings (SSSR count). The Labute approximate surface area is 114 Å². The molecule has 0 unspecified atom stereocenters. The van der Waals surface area contributed by atoms with E-state index in [-0.39, 0.29) is 0 Å². The number of aliphatic carboxylic acids is 3. The fraction of sp³-hybridized carbons (Fsp3) is 0.500. The average Bonchev–Trinajstić information content (AvgIpc) is 1.98. The second kappa shape index (κ2) is 8.18. The maximum atomic E-state index is 10.3. The third-order valence-corrected chi connectivity index (χ3v) is 1.29. The SMILES string of the molecule is C[C](=O)[Na].O=C(O)CC(O)(CC(=O)O)C(=O)O. The molecular formula is C8H11NaO8. The van der Waals surface area contributed by atoms with Gasteiger partial charge in [-0.1, -0.05) is 0 Å². The van der Waals surface area contributed by atoms with E-state index in [9.17, 15) is 19.2 Å². The number of rotatable bonds is 5. The predicted octanol–water partition coefficient (Wildman–Crippen LogP) is -1.55. The van der Waals surface area contributed by atoms with Crippen LogP contribution in [0.2, 0.25) is 0 Å². The first-order valence-electron chi connectivity index (χ1n) is 4.38. The van der Waals surface area contributed by atoms with Crippen LogP contribution < -0.4 is 0 Å². The van der Waals surface area contributed by atoms with Crippen molar-refractivity contribution >= 4 is 48.9 Å². The number of carbonyl (C=O) groups excluding carboxylic acids is 1. The van der Waals surface area contributed by atoms with Crippen molar-refractivity contribution in [2.75, 3.05) is 0 Å². The van der Waals surface area contributed by atoms with E-state index in [1.54, 1.807) is 6.92 Å². The molecule has 4 N–H and O–H groups in total. The van der Waals surface area contributed by atoms with Crippen molar-refractivity contribution in [1.29, 1.82) is 0 Å². The van der Waals surface area contributed by atoms with E-state index in [0.29, 0.717) is 31.0 Å². The molecule has 0 spiro atoms. The topological polar surface area (TPSA) is 149 Å². The molecule has 92 valence electrons. The summed E-state index contributed by atoms with van der Waals surface area (Å²) in [6.07, 6.45) is -2.29. The van der Waals surface area contributed by atoms with Crippen molar-refractivity contribution in [1.82, 2.24) is 0 Å². The van der Waals surface area contributed by atoms with Crippen molar-refractivity contribution in [3.8, 4) is 0 Å². The van der Waals surface area contributed by atoms with E-state index in [2.05, 4.69) is 0 Å². The summed E-state index contributed by atoms with van der Waals surface area (Å²) in [6.45, 7) is 1.59. The Hall–Kier alpha value is -0.960. The first-order chi connectivity index (χ1) is 7.51. The van der Waals surface area contributed by atoms with Gasteiger partial charge in [0.2, 0.25) is 0 Å². The van der Waals surface area contributed by atoms with Crippen molar-refractivity contribution in [2.24, 2.45) is 0 Å². The Kier molecular flexibility index (Phi) is 8.85. The molecule has 0 bridgehead atoms. The minimum Gasteiger partial charge on any atom is -0.481 e. The van der Waals surface area contributed by atoms with Crippen molar-refractivity contribution in [2.45, 2.75) is 25.4 Å².